The van der Waals surface area contributed by atoms with Gasteiger partial charge in [-0.2, -0.15) is 5.10 Å². The van der Waals surface area contributed by atoms with Crippen molar-refractivity contribution >= 4 is 11.7 Å². The molecule has 1 aliphatic heterocycles. The number of carboxylic acid groups (broad SMARTS) is 1. The average molecular weight is 411 g/mol. The predicted molar refractivity (Wildman–Crippen MR) is 124 cm³/mol. The number of carboxylic acids is 1. The Labute approximate surface area is 180 Å². The summed E-state index contributed by atoms with van der Waals surface area (Å²) in [6.07, 6.45) is 7.72. The fourth-order valence-corrected chi connectivity index (χ4v) is 3.39. The minimum Gasteiger partial charge on any atom is -0.493 e. The van der Waals surface area contributed by atoms with Gasteiger partial charge in [0.05, 0.1) is 18.9 Å². The van der Waals surface area contributed by atoms with Crippen LogP contribution in [0.5, 0.6) is 5.75 Å². The first-order chi connectivity index (χ1) is 14.2. The van der Waals surface area contributed by atoms with Crippen LogP contribution in [0.25, 0.3) is 0 Å². The van der Waals surface area contributed by atoms with Gasteiger partial charge >= 0.3 is 5.97 Å². The number of carbonyl (C=O) groups is 1. The van der Waals surface area contributed by atoms with Gasteiger partial charge in [-0.15, -0.1) is 0 Å². The highest BCUT2D eigenvalue weighted by Crippen LogP contribution is 2.35. The van der Waals surface area contributed by atoms with Gasteiger partial charge in [0, 0.05) is 18.1 Å². The molecule has 30 heavy (non-hydrogen) atoms. The van der Waals surface area contributed by atoms with Crippen molar-refractivity contribution in [3.63, 3.8) is 0 Å². The molecule has 0 aliphatic carbocycles. The normalized spacial score (nSPS) is 19.7. The summed E-state index contributed by atoms with van der Waals surface area (Å²) in [5.41, 5.74) is 9.03. The zero-order chi connectivity index (χ0) is 22.3. The molecule has 0 saturated heterocycles. The summed E-state index contributed by atoms with van der Waals surface area (Å²) in [6.45, 7) is 13.7. The zero-order valence-electron chi connectivity index (χ0n) is 19.0. The first-order valence-corrected chi connectivity index (χ1v) is 10.6. The Morgan fingerprint density at radius 2 is 2.00 bits per heavy atom. The molecule has 1 aromatic carbocycles. The third-order valence-electron chi connectivity index (χ3n) is 5.06. The fourth-order valence-electron chi connectivity index (χ4n) is 3.39. The summed E-state index contributed by atoms with van der Waals surface area (Å²) in [4.78, 5) is 11.1. The molecule has 0 spiro atoms. The van der Waals surface area contributed by atoms with E-state index < -0.39 is 5.97 Å². The van der Waals surface area contributed by atoms with E-state index in [0.717, 1.165) is 22.6 Å². The molecular formula is C25H34N2O3. The summed E-state index contributed by atoms with van der Waals surface area (Å²) in [6, 6.07) is 4.43. The van der Waals surface area contributed by atoms with Gasteiger partial charge in [0.1, 0.15) is 5.75 Å². The molecular weight excluding hydrogens is 376 g/mol. The number of benzene rings is 1. The Bertz CT molecular complexity index is 890. The number of rotatable bonds is 7. The first kappa shape index (κ1) is 23.5. The SMILES string of the molecule is CCOc1c(/C2=N/NC\C=C/C(C(/C)=C/C(=O)O)=C\C2)cc(C(C)C)cc1C(C)C. The highest BCUT2D eigenvalue weighted by Gasteiger charge is 2.20. The molecule has 0 fully saturated rings. The van der Waals surface area contributed by atoms with Crippen molar-refractivity contribution in [2.24, 2.45) is 5.10 Å². The standard InChI is InChI=1S/C25H34N2O3/c1-7-30-25-21(17(4)5)14-20(16(2)3)15-22(25)23-11-10-19(9-8-12-26-27-23)18(6)13-24(28)29/h8-10,13-17,26H,7,11-12H2,1-6H3,(H,28,29)/b9-8-,18-13+,19-10+,27-23+. The van der Waals surface area contributed by atoms with Crippen molar-refractivity contribution < 1.29 is 14.6 Å². The van der Waals surface area contributed by atoms with E-state index in [4.69, 9.17) is 9.84 Å². The lowest BCUT2D eigenvalue weighted by molar-refractivity contribution is -0.131. The van der Waals surface area contributed by atoms with Crippen LogP contribution in [-0.4, -0.2) is 29.9 Å². The lowest BCUT2D eigenvalue weighted by Crippen LogP contribution is -2.14. The molecule has 0 bridgehead atoms. The van der Waals surface area contributed by atoms with Crippen LogP contribution in [-0.2, 0) is 4.79 Å². The molecule has 1 heterocycles. The molecule has 0 aromatic heterocycles. The maximum absolute atomic E-state index is 11.1. The number of hydrogen-bond donors (Lipinski definition) is 2. The molecule has 0 unspecified atom stereocenters. The van der Waals surface area contributed by atoms with Gasteiger partial charge in [-0.1, -0.05) is 52.0 Å². The third kappa shape index (κ3) is 6.09. The molecule has 0 amide bonds. The number of nitrogens with zero attached hydrogens (tertiary/aromatic N) is 1. The summed E-state index contributed by atoms with van der Waals surface area (Å²) in [7, 11) is 0. The minimum atomic E-state index is -0.946. The number of nitrogens with one attached hydrogen (secondary N) is 1. The maximum atomic E-state index is 11.1. The van der Waals surface area contributed by atoms with E-state index in [1.165, 1.54) is 17.2 Å². The smallest absolute Gasteiger partial charge is 0.328 e. The van der Waals surface area contributed by atoms with Crippen LogP contribution in [0.1, 0.15) is 76.5 Å². The molecule has 5 heteroatoms. The second-order valence-electron chi connectivity index (χ2n) is 8.08. The summed E-state index contributed by atoms with van der Waals surface area (Å²) in [5, 5.41) is 13.8. The minimum absolute atomic E-state index is 0.322. The van der Waals surface area contributed by atoms with Crippen molar-refractivity contribution in [3.05, 3.63) is 64.3 Å². The van der Waals surface area contributed by atoms with Crippen molar-refractivity contribution in [1.29, 1.82) is 0 Å². The van der Waals surface area contributed by atoms with Crippen LogP contribution in [0, 0.1) is 0 Å². The van der Waals surface area contributed by atoms with Gasteiger partial charge in [-0.3, -0.25) is 0 Å². The van der Waals surface area contributed by atoms with Gasteiger partial charge < -0.3 is 15.3 Å². The predicted octanol–water partition coefficient (Wildman–Crippen LogP) is 5.54. The molecule has 2 N–H and O–H groups in total. The number of hydrazone groups is 1. The molecule has 0 atom stereocenters. The van der Waals surface area contributed by atoms with Crippen molar-refractivity contribution in [2.45, 2.75) is 59.8 Å². The lowest BCUT2D eigenvalue weighted by Gasteiger charge is -2.21. The quantitative estimate of drug-likeness (QED) is 0.579. The second kappa shape index (κ2) is 10.8. The summed E-state index contributed by atoms with van der Waals surface area (Å²) < 4.78 is 6.11. The monoisotopic (exact) mass is 410 g/mol. The van der Waals surface area contributed by atoms with Crippen molar-refractivity contribution in [3.8, 4) is 5.75 Å². The molecule has 0 saturated carbocycles. The molecule has 1 aromatic rings. The Morgan fingerprint density at radius 3 is 2.60 bits per heavy atom. The number of ether oxygens (including phenoxy) is 1. The number of allylic oxidation sites excluding steroid dienone is 4. The maximum Gasteiger partial charge on any atom is 0.328 e. The molecule has 5 nitrogen and oxygen atoms in total. The van der Waals surface area contributed by atoms with Crippen molar-refractivity contribution in [2.75, 3.05) is 13.2 Å². The highest BCUT2D eigenvalue weighted by atomic mass is 16.5. The van der Waals surface area contributed by atoms with Crippen LogP contribution in [0.15, 0.2) is 52.7 Å². The summed E-state index contributed by atoms with van der Waals surface area (Å²) in [5.74, 6) is 0.647. The second-order valence-corrected chi connectivity index (χ2v) is 8.08. The van der Waals surface area contributed by atoms with E-state index >= 15 is 0 Å². The van der Waals surface area contributed by atoms with E-state index in [2.05, 4.69) is 50.4 Å². The van der Waals surface area contributed by atoms with E-state index in [0.29, 0.717) is 37.0 Å². The van der Waals surface area contributed by atoms with Gasteiger partial charge in [0.25, 0.3) is 0 Å². The zero-order valence-corrected chi connectivity index (χ0v) is 19.0. The number of hydrogen-bond acceptors (Lipinski definition) is 4. The molecule has 1 aliphatic rings. The molecule has 162 valence electrons. The largest absolute Gasteiger partial charge is 0.493 e. The lowest BCUT2D eigenvalue weighted by atomic mass is 9.89. The number of aliphatic carboxylic acids is 1. The Hall–Kier alpha value is -2.82. The first-order valence-electron chi connectivity index (χ1n) is 10.6. The van der Waals surface area contributed by atoms with Crippen LogP contribution in [0.2, 0.25) is 0 Å². The van der Waals surface area contributed by atoms with Crippen LogP contribution in [0.4, 0.5) is 0 Å². The van der Waals surface area contributed by atoms with E-state index in [-0.39, 0.29) is 0 Å². The van der Waals surface area contributed by atoms with Crippen LogP contribution >= 0.6 is 0 Å². The van der Waals surface area contributed by atoms with E-state index in [9.17, 15) is 4.79 Å². The van der Waals surface area contributed by atoms with Gasteiger partial charge in [-0.25, -0.2) is 4.79 Å². The molecule has 0 radical (unpaired) electrons. The van der Waals surface area contributed by atoms with E-state index in [1.54, 1.807) is 0 Å². The Balaban J connectivity index is 2.61. The molecule has 2 rings (SSSR count). The Kier molecular flexibility index (Phi) is 8.46. The van der Waals surface area contributed by atoms with Crippen LogP contribution in [0.3, 0.4) is 0 Å². The van der Waals surface area contributed by atoms with Gasteiger partial charge in [0.15, 0.2) is 0 Å². The third-order valence-corrected chi connectivity index (χ3v) is 5.06. The highest BCUT2D eigenvalue weighted by molar-refractivity contribution is 6.04. The fraction of sp³-hybridized carbons (Fsp3) is 0.440. The van der Waals surface area contributed by atoms with Crippen LogP contribution < -0.4 is 10.2 Å². The topological polar surface area (TPSA) is 70.9 Å². The van der Waals surface area contributed by atoms with E-state index in [1.807, 2.05) is 32.1 Å². The average Bonchev–Trinajstić information content (AvgIpc) is 2.79. The Morgan fingerprint density at radius 1 is 1.27 bits per heavy atom. The van der Waals surface area contributed by atoms with Gasteiger partial charge in [-0.05, 0) is 54.0 Å². The van der Waals surface area contributed by atoms with Crippen molar-refractivity contribution in [1.82, 2.24) is 5.43 Å². The van der Waals surface area contributed by atoms with Gasteiger partial charge in [0.2, 0.25) is 0 Å². The summed E-state index contributed by atoms with van der Waals surface area (Å²) >= 11 is 0.